The van der Waals surface area contributed by atoms with Crippen LogP contribution in [0.1, 0.15) is 6.92 Å². The van der Waals surface area contributed by atoms with E-state index in [2.05, 4.69) is 19.6 Å². The molecule has 0 aromatic rings. The van der Waals surface area contributed by atoms with Gasteiger partial charge in [0.1, 0.15) is 0 Å². The normalized spacial score (nSPS) is 12.0. The van der Waals surface area contributed by atoms with Gasteiger partial charge in [0.2, 0.25) is 0 Å². The summed E-state index contributed by atoms with van der Waals surface area (Å²) < 4.78 is 0. The van der Waals surface area contributed by atoms with Crippen LogP contribution in [0.3, 0.4) is 0 Å². The molecule has 0 spiro atoms. The predicted molar refractivity (Wildman–Crippen MR) is 26.9 cm³/mol. The van der Waals surface area contributed by atoms with Crippen molar-refractivity contribution in [2.45, 2.75) is 11.8 Å². The van der Waals surface area contributed by atoms with Crippen molar-refractivity contribution in [1.82, 2.24) is 0 Å². The summed E-state index contributed by atoms with van der Waals surface area (Å²) in [6.07, 6.45) is 0. The molecule has 0 aliphatic heterocycles. The fourth-order valence-electron chi connectivity index (χ4n) is 0. The third kappa shape index (κ3) is 239. The minimum atomic E-state index is -0.556. The molecule has 1 unspecified atom stereocenters. The van der Waals surface area contributed by atoms with Gasteiger partial charge in [-0.1, -0.05) is 0 Å². The SMILES string of the molecule is [CH2]C(C)(N)S. The first-order chi connectivity index (χ1) is 2.00. The second-order valence-corrected chi connectivity index (χ2v) is 2.38. The van der Waals surface area contributed by atoms with Crippen LogP contribution >= 0.6 is 12.6 Å². The van der Waals surface area contributed by atoms with Gasteiger partial charge >= 0.3 is 0 Å². The molecular formula is C3H8NS. The Morgan fingerprint density at radius 3 is 2.00 bits per heavy atom. The largest absolute Gasteiger partial charge is 0.317 e. The number of rotatable bonds is 0. The van der Waals surface area contributed by atoms with Crippen molar-refractivity contribution >= 4 is 12.6 Å². The zero-order valence-electron chi connectivity index (χ0n) is 3.23. The summed E-state index contributed by atoms with van der Waals surface area (Å²) in [5.41, 5.74) is 5.11. The number of thiol groups is 1. The first kappa shape index (κ1) is 5.31. The van der Waals surface area contributed by atoms with Crippen LogP contribution in [0.5, 0.6) is 0 Å². The van der Waals surface area contributed by atoms with Crippen LogP contribution in [-0.2, 0) is 0 Å². The van der Waals surface area contributed by atoms with E-state index in [0.717, 1.165) is 0 Å². The highest BCUT2D eigenvalue weighted by Gasteiger charge is 1.97. The van der Waals surface area contributed by atoms with Gasteiger partial charge in [-0.2, -0.15) is 12.6 Å². The van der Waals surface area contributed by atoms with Gasteiger partial charge in [0.15, 0.2) is 0 Å². The van der Waals surface area contributed by atoms with Gasteiger partial charge in [0.25, 0.3) is 0 Å². The van der Waals surface area contributed by atoms with E-state index in [1.807, 2.05) is 0 Å². The second-order valence-electron chi connectivity index (χ2n) is 1.36. The van der Waals surface area contributed by atoms with E-state index in [9.17, 15) is 0 Å². The third-order valence-electron chi connectivity index (χ3n) is 0. The minimum absolute atomic E-state index is 0.556. The summed E-state index contributed by atoms with van der Waals surface area (Å²) in [5.74, 6) is 0. The number of hydrogen-bond donors (Lipinski definition) is 2. The van der Waals surface area contributed by atoms with Gasteiger partial charge in [0, 0.05) is 0 Å². The van der Waals surface area contributed by atoms with Crippen LogP contribution in [0.4, 0.5) is 0 Å². The average molecular weight is 90.2 g/mol. The topological polar surface area (TPSA) is 26.0 Å². The molecule has 1 nitrogen and oxygen atoms in total. The molecule has 0 heterocycles. The molecule has 0 aromatic carbocycles. The molecule has 1 radical (unpaired) electrons. The lowest BCUT2D eigenvalue weighted by molar-refractivity contribution is 0.852. The van der Waals surface area contributed by atoms with Gasteiger partial charge in [0.05, 0.1) is 4.87 Å². The Morgan fingerprint density at radius 2 is 2.00 bits per heavy atom. The molecule has 0 saturated carbocycles. The summed E-state index contributed by atoms with van der Waals surface area (Å²) in [5, 5.41) is 0. The molecule has 0 aliphatic rings. The highest BCUT2D eigenvalue weighted by Crippen LogP contribution is 1.97. The molecule has 0 saturated heterocycles. The molecule has 5 heavy (non-hydrogen) atoms. The first-order valence-corrected chi connectivity index (χ1v) is 1.81. The number of nitrogens with two attached hydrogens (primary N) is 1. The lowest BCUT2D eigenvalue weighted by Crippen LogP contribution is -2.23. The minimum Gasteiger partial charge on any atom is -0.317 e. The van der Waals surface area contributed by atoms with E-state index in [1.54, 1.807) is 6.92 Å². The molecule has 0 aliphatic carbocycles. The van der Waals surface area contributed by atoms with Gasteiger partial charge < -0.3 is 5.73 Å². The maximum absolute atomic E-state index is 5.11. The van der Waals surface area contributed by atoms with E-state index in [4.69, 9.17) is 5.73 Å². The van der Waals surface area contributed by atoms with Crippen LogP contribution in [-0.4, -0.2) is 4.87 Å². The van der Waals surface area contributed by atoms with E-state index in [-0.39, 0.29) is 0 Å². The number of hydrogen-bond acceptors (Lipinski definition) is 2. The maximum Gasteiger partial charge on any atom is 0.0563 e. The van der Waals surface area contributed by atoms with E-state index in [1.165, 1.54) is 0 Å². The molecule has 1 atom stereocenters. The Kier molecular flexibility index (Phi) is 1.26. The zero-order valence-corrected chi connectivity index (χ0v) is 4.13. The van der Waals surface area contributed by atoms with Gasteiger partial charge in [-0.25, -0.2) is 0 Å². The lowest BCUT2D eigenvalue weighted by atomic mass is 10.4. The molecule has 2 heteroatoms. The van der Waals surface area contributed by atoms with Crippen molar-refractivity contribution in [2.24, 2.45) is 5.73 Å². The van der Waals surface area contributed by atoms with Crippen LogP contribution < -0.4 is 5.73 Å². The fraction of sp³-hybridized carbons (Fsp3) is 0.667. The van der Waals surface area contributed by atoms with Crippen LogP contribution in [0.25, 0.3) is 0 Å². The quantitative estimate of drug-likeness (QED) is 0.327. The van der Waals surface area contributed by atoms with Crippen LogP contribution in [0, 0.1) is 6.92 Å². The molecular weight excluding hydrogens is 82.1 g/mol. The molecule has 0 bridgehead atoms. The van der Waals surface area contributed by atoms with Crippen molar-refractivity contribution in [3.8, 4) is 0 Å². The fourth-order valence-corrected chi connectivity index (χ4v) is 0. The zero-order chi connectivity index (χ0) is 4.50. The molecule has 2 N–H and O–H groups in total. The van der Waals surface area contributed by atoms with Gasteiger partial charge in [-0.15, -0.1) is 0 Å². The maximum atomic E-state index is 5.11. The summed E-state index contributed by atoms with van der Waals surface area (Å²) in [6.45, 7) is 5.13. The summed E-state index contributed by atoms with van der Waals surface area (Å²) in [4.78, 5) is -0.556. The lowest BCUT2D eigenvalue weighted by Gasteiger charge is -2.04. The predicted octanol–water partition coefficient (Wildman–Crippen LogP) is 0.425. The smallest absolute Gasteiger partial charge is 0.0563 e. The Labute approximate surface area is 38.0 Å². The van der Waals surface area contributed by atoms with Crippen molar-refractivity contribution in [1.29, 1.82) is 0 Å². The molecule has 0 aromatic heterocycles. The van der Waals surface area contributed by atoms with Crippen LogP contribution in [0.2, 0.25) is 0 Å². The molecule has 0 fully saturated rings. The summed E-state index contributed by atoms with van der Waals surface area (Å²) in [6, 6.07) is 0. The molecule has 31 valence electrons. The highest BCUT2D eigenvalue weighted by molar-refractivity contribution is 7.81. The van der Waals surface area contributed by atoms with E-state index >= 15 is 0 Å². The van der Waals surface area contributed by atoms with Crippen molar-refractivity contribution in [3.05, 3.63) is 6.92 Å². The summed E-state index contributed by atoms with van der Waals surface area (Å²) in [7, 11) is 0. The van der Waals surface area contributed by atoms with E-state index < -0.39 is 4.87 Å². The van der Waals surface area contributed by atoms with E-state index in [0.29, 0.717) is 0 Å². The second kappa shape index (κ2) is 1.19. The third-order valence-corrected chi connectivity index (χ3v) is 0. The first-order valence-electron chi connectivity index (χ1n) is 1.37. The van der Waals surface area contributed by atoms with Crippen molar-refractivity contribution in [2.75, 3.05) is 0 Å². The Morgan fingerprint density at radius 1 is 2.00 bits per heavy atom. The molecule has 0 amide bonds. The van der Waals surface area contributed by atoms with Crippen LogP contribution in [0.15, 0.2) is 0 Å². The van der Waals surface area contributed by atoms with Gasteiger partial charge in [-0.3, -0.25) is 0 Å². The highest BCUT2D eigenvalue weighted by atomic mass is 32.1. The Balaban J connectivity index is 3.02. The Bertz CT molecular complexity index is 22.4. The summed E-state index contributed by atoms with van der Waals surface area (Å²) >= 11 is 3.79. The average Bonchev–Trinajstić information content (AvgIpc) is 0.722. The van der Waals surface area contributed by atoms with Gasteiger partial charge in [-0.05, 0) is 13.8 Å². The Hall–Kier alpha value is 0.310. The monoisotopic (exact) mass is 90.0 g/mol. The molecule has 0 rings (SSSR count). The standard InChI is InChI=1S/C3H8NS/c1-3(2,4)5/h5H,1,4H2,2H3. The van der Waals surface area contributed by atoms with Crippen molar-refractivity contribution < 1.29 is 0 Å². The van der Waals surface area contributed by atoms with Crippen molar-refractivity contribution in [3.63, 3.8) is 0 Å².